The molecule has 1 saturated heterocycles. The number of nitrogens with zero attached hydrogens (tertiary/aromatic N) is 1. The molecule has 1 atom stereocenters. The molecule has 0 amide bonds. The zero-order chi connectivity index (χ0) is 19.9. The highest BCUT2D eigenvalue weighted by atomic mass is 79.9. The van der Waals surface area contributed by atoms with Crippen molar-refractivity contribution in [3.05, 3.63) is 57.0 Å². The molecule has 0 bridgehead atoms. The Morgan fingerprint density at radius 2 is 2.11 bits per heavy atom. The minimum absolute atomic E-state index is 0.390. The zero-order valence-corrected chi connectivity index (χ0v) is 18.9. The Bertz CT molecular complexity index is 787. The van der Waals surface area contributed by atoms with E-state index in [9.17, 15) is 0 Å². The van der Waals surface area contributed by atoms with Crippen molar-refractivity contribution in [3.8, 4) is 11.5 Å². The van der Waals surface area contributed by atoms with Crippen LogP contribution in [0.25, 0.3) is 0 Å². The number of likely N-dealkylation sites (tertiary alicyclic amines) is 1. The highest BCUT2D eigenvalue weighted by Crippen LogP contribution is 2.37. The summed E-state index contributed by atoms with van der Waals surface area (Å²) in [7, 11) is 1.67. The quantitative estimate of drug-likeness (QED) is 0.545. The maximum atomic E-state index is 6.23. The van der Waals surface area contributed by atoms with Crippen molar-refractivity contribution < 1.29 is 9.47 Å². The lowest BCUT2D eigenvalue weighted by Gasteiger charge is -2.23. The highest BCUT2D eigenvalue weighted by molar-refractivity contribution is 9.10. The molecule has 0 aromatic heterocycles. The van der Waals surface area contributed by atoms with E-state index < -0.39 is 0 Å². The molecule has 1 fully saturated rings. The summed E-state index contributed by atoms with van der Waals surface area (Å²) in [6.07, 6.45) is 2.58. The van der Waals surface area contributed by atoms with Gasteiger partial charge in [0.1, 0.15) is 6.61 Å². The number of likely N-dealkylation sites (N-methyl/N-ethyl adjacent to an activating group) is 1. The van der Waals surface area contributed by atoms with Gasteiger partial charge in [-0.3, -0.25) is 4.90 Å². The monoisotopic (exact) mass is 466 g/mol. The van der Waals surface area contributed by atoms with E-state index in [0.717, 1.165) is 35.2 Å². The molecule has 0 spiro atoms. The predicted octanol–water partition coefficient (Wildman–Crippen LogP) is 5.26. The summed E-state index contributed by atoms with van der Waals surface area (Å²) in [6.45, 7) is 6.79. The van der Waals surface area contributed by atoms with Crippen LogP contribution in [0.15, 0.2) is 40.9 Å². The molecule has 1 aliphatic heterocycles. The number of methoxy groups -OCH3 is 1. The Labute approximate surface area is 181 Å². The smallest absolute Gasteiger partial charge is 0.175 e. The van der Waals surface area contributed by atoms with E-state index in [-0.39, 0.29) is 0 Å². The number of rotatable bonds is 9. The molecule has 1 heterocycles. The van der Waals surface area contributed by atoms with E-state index >= 15 is 0 Å². The molecule has 6 heteroatoms. The fourth-order valence-corrected chi connectivity index (χ4v) is 4.50. The minimum Gasteiger partial charge on any atom is -0.493 e. The normalized spacial score (nSPS) is 17.1. The average molecular weight is 468 g/mol. The molecule has 0 saturated carbocycles. The molecule has 0 aliphatic carbocycles. The Morgan fingerprint density at radius 1 is 1.29 bits per heavy atom. The second kappa shape index (κ2) is 10.5. The Morgan fingerprint density at radius 3 is 2.86 bits per heavy atom. The standard InChI is InChI=1S/C22H28BrClN2O2/c1-3-26-10-6-8-18(26)14-25-13-16-11-19(23)22(21(12-16)27-2)28-15-17-7-4-5-9-20(17)24/h4-5,7,9,11-12,18,25H,3,6,8,10,13-15H2,1-2H3. The van der Waals surface area contributed by atoms with Gasteiger partial charge in [-0.15, -0.1) is 0 Å². The summed E-state index contributed by atoms with van der Waals surface area (Å²) in [5, 5.41) is 4.30. The summed E-state index contributed by atoms with van der Waals surface area (Å²) in [5.74, 6) is 1.41. The third-order valence-corrected chi connectivity index (χ3v) is 6.19. The molecule has 2 aromatic rings. The van der Waals surface area contributed by atoms with E-state index in [4.69, 9.17) is 21.1 Å². The molecule has 1 aliphatic rings. The van der Waals surface area contributed by atoms with Crippen LogP contribution in [0.5, 0.6) is 11.5 Å². The number of halogens is 2. The van der Waals surface area contributed by atoms with Gasteiger partial charge in [-0.05, 0) is 65.6 Å². The van der Waals surface area contributed by atoms with Crippen molar-refractivity contribution in [2.75, 3.05) is 26.7 Å². The Balaban J connectivity index is 1.61. The first-order chi connectivity index (χ1) is 13.6. The molecule has 1 unspecified atom stereocenters. The number of benzene rings is 2. The van der Waals surface area contributed by atoms with Gasteiger partial charge in [0.05, 0.1) is 11.6 Å². The summed E-state index contributed by atoms with van der Waals surface area (Å²) in [5.41, 5.74) is 2.11. The molecular formula is C22H28BrClN2O2. The van der Waals surface area contributed by atoms with Gasteiger partial charge in [0.25, 0.3) is 0 Å². The van der Waals surface area contributed by atoms with E-state index in [0.29, 0.717) is 29.2 Å². The van der Waals surface area contributed by atoms with E-state index in [1.54, 1.807) is 7.11 Å². The fraction of sp³-hybridized carbons (Fsp3) is 0.455. The molecule has 2 aromatic carbocycles. The summed E-state index contributed by atoms with van der Waals surface area (Å²) >= 11 is 9.86. The second-order valence-electron chi connectivity index (χ2n) is 7.04. The molecule has 28 heavy (non-hydrogen) atoms. The topological polar surface area (TPSA) is 33.7 Å². The Kier molecular flexibility index (Phi) is 8.03. The molecular weight excluding hydrogens is 440 g/mol. The van der Waals surface area contributed by atoms with Gasteiger partial charge in [-0.1, -0.05) is 36.7 Å². The van der Waals surface area contributed by atoms with Crippen LogP contribution in [0, 0.1) is 0 Å². The summed E-state index contributed by atoms with van der Waals surface area (Å²) in [6, 6.07) is 12.5. The van der Waals surface area contributed by atoms with Gasteiger partial charge < -0.3 is 14.8 Å². The van der Waals surface area contributed by atoms with Crippen LogP contribution in [0.2, 0.25) is 5.02 Å². The summed E-state index contributed by atoms with van der Waals surface area (Å²) in [4.78, 5) is 2.55. The largest absolute Gasteiger partial charge is 0.493 e. The fourth-order valence-electron chi connectivity index (χ4n) is 3.71. The van der Waals surface area contributed by atoms with Crippen LogP contribution in [0.4, 0.5) is 0 Å². The van der Waals surface area contributed by atoms with Gasteiger partial charge in [-0.2, -0.15) is 0 Å². The number of hydrogen-bond acceptors (Lipinski definition) is 4. The van der Waals surface area contributed by atoms with Crippen LogP contribution >= 0.6 is 27.5 Å². The Hall–Kier alpha value is -1.27. The van der Waals surface area contributed by atoms with Crippen molar-refractivity contribution >= 4 is 27.5 Å². The first-order valence-electron chi connectivity index (χ1n) is 9.79. The first kappa shape index (κ1) is 21.4. The second-order valence-corrected chi connectivity index (χ2v) is 8.31. The zero-order valence-electron chi connectivity index (χ0n) is 16.5. The van der Waals surface area contributed by atoms with E-state index in [2.05, 4.69) is 39.1 Å². The van der Waals surface area contributed by atoms with Crippen molar-refractivity contribution in [2.24, 2.45) is 0 Å². The maximum Gasteiger partial charge on any atom is 0.175 e. The van der Waals surface area contributed by atoms with Crippen LogP contribution in [0.3, 0.4) is 0 Å². The van der Waals surface area contributed by atoms with Crippen molar-refractivity contribution in [2.45, 2.75) is 39.0 Å². The van der Waals surface area contributed by atoms with Gasteiger partial charge >= 0.3 is 0 Å². The molecule has 1 N–H and O–H groups in total. The molecule has 3 rings (SSSR count). The van der Waals surface area contributed by atoms with Gasteiger partial charge in [0.2, 0.25) is 0 Å². The van der Waals surface area contributed by atoms with Crippen molar-refractivity contribution in [3.63, 3.8) is 0 Å². The van der Waals surface area contributed by atoms with Gasteiger partial charge in [-0.25, -0.2) is 0 Å². The lowest BCUT2D eigenvalue weighted by molar-refractivity contribution is 0.259. The minimum atomic E-state index is 0.390. The first-order valence-corrected chi connectivity index (χ1v) is 11.0. The highest BCUT2D eigenvalue weighted by Gasteiger charge is 2.22. The molecule has 152 valence electrons. The molecule has 4 nitrogen and oxygen atoms in total. The third kappa shape index (κ3) is 5.41. The van der Waals surface area contributed by atoms with Gasteiger partial charge in [0, 0.05) is 29.7 Å². The number of ether oxygens (including phenoxy) is 2. The molecule has 0 radical (unpaired) electrons. The van der Waals surface area contributed by atoms with Crippen molar-refractivity contribution in [1.82, 2.24) is 10.2 Å². The van der Waals surface area contributed by atoms with Crippen LogP contribution in [-0.2, 0) is 13.2 Å². The van der Waals surface area contributed by atoms with Crippen LogP contribution in [0.1, 0.15) is 30.9 Å². The van der Waals surface area contributed by atoms with Crippen LogP contribution < -0.4 is 14.8 Å². The lowest BCUT2D eigenvalue weighted by Crippen LogP contribution is -2.37. The average Bonchev–Trinajstić information content (AvgIpc) is 3.15. The van der Waals surface area contributed by atoms with Crippen LogP contribution in [-0.4, -0.2) is 37.7 Å². The number of hydrogen-bond donors (Lipinski definition) is 1. The predicted molar refractivity (Wildman–Crippen MR) is 118 cm³/mol. The van der Waals surface area contributed by atoms with Gasteiger partial charge in [0.15, 0.2) is 11.5 Å². The third-order valence-electron chi connectivity index (χ3n) is 5.23. The van der Waals surface area contributed by atoms with E-state index in [1.165, 1.54) is 19.4 Å². The summed E-state index contributed by atoms with van der Waals surface area (Å²) < 4.78 is 12.5. The number of nitrogens with one attached hydrogen (secondary N) is 1. The lowest BCUT2D eigenvalue weighted by atomic mass is 10.1. The van der Waals surface area contributed by atoms with E-state index in [1.807, 2.05) is 30.3 Å². The van der Waals surface area contributed by atoms with Crippen molar-refractivity contribution in [1.29, 1.82) is 0 Å². The maximum absolute atomic E-state index is 6.23. The SMILES string of the molecule is CCN1CCCC1CNCc1cc(Br)c(OCc2ccccc2Cl)c(OC)c1.